The number of nitrogens with one attached hydrogen (secondary N) is 1. The Morgan fingerprint density at radius 2 is 1.75 bits per heavy atom. The summed E-state index contributed by atoms with van der Waals surface area (Å²) in [5, 5.41) is 2.86. The van der Waals surface area contributed by atoms with Crippen LogP contribution in [0.4, 0.5) is 5.69 Å². The van der Waals surface area contributed by atoms with Crippen molar-refractivity contribution in [2.24, 2.45) is 0 Å². The van der Waals surface area contributed by atoms with E-state index in [1.807, 2.05) is 24.3 Å². The Labute approximate surface area is 125 Å². The van der Waals surface area contributed by atoms with Crippen molar-refractivity contribution in [1.29, 1.82) is 0 Å². The summed E-state index contributed by atoms with van der Waals surface area (Å²) in [4.78, 5) is 15.9. The smallest absolute Gasteiger partial charge is 0.257 e. The summed E-state index contributed by atoms with van der Waals surface area (Å²) in [5.41, 5.74) is 2.71. The maximum atomic E-state index is 11.9. The summed E-state index contributed by atoms with van der Waals surface area (Å²) in [7, 11) is 0. The van der Waals surface area contributed by atoms with Crippen LogP contribution in [0.2, 0.25) is 0 Å². The lowest BCUT2D eigenvalue weighted by Gasteiger charge is -2.19. The summed E-state index contributed by atoms with van der Waals surface area (Å²) >= 11 is 0. The van der Waals surface area contributed by atoms with Gasteiger partial charge in [-0.05, 0) is 35.2 Å². The lowest BCUT2D eigenvalue weighted by molar-refractivity contribution is 0.102. The molecule has 0 fully saturated rings. The van der Waals surface area contributed by atoms with Gasteiger partial charge in [-0.25, -0.2) is 0 Å². The number of hydrogen-bond donors (Lipinski definition) is 1. The van der Waals surface area contributed by atoms with Crippen LogP contribution in [-0.4, -0.2) is 10.9 Å². The van der Waals surface area contributed by atoms with E-state index in [1.165, 1.54) is 5.56 Å². The first-order valence-corrected chi connectivity index (χ1v) is 6.29. The highest BCUT2D eigenvalue weighted by Gasteiger charge is 2.13. The van der Waals surface area contributed by atoms with Crippen LogP contribution in [-0.2, 0) is 5.41 Å². The average Bonchev–Trinajstić information content (AvgIpc) is 2.39. The highest BCUT2D eigenvalue weighted by molar-refractivity contribution is 6.03. The van der Waals surface area contributed by atoms with Crippen molar-refractivity contribution in [3.63, 3.8) is 0 Å². The van der Waals surface area contributed by atoms with Crippen molar-refractivity contribution < 1.29 is 4.79 Å². The molecule has 0 spiro atoms. The molecule has 0 atom stereocenters. The first-order chi connectivity index (χ1) is 8.97. The predicted molar refractivity (Wildman–Crippen MR) is 84.6 cm³/mol. The molecule has 1 N–H and O–H groups in total. The number of rotatable bonds is 2. The molecule has 20 heavy (non-hydrogen) atoms. The second-order valence-corrected chi connectivity index (χ2v) is 5.52. The largest absolute Gasteiger partial charge is 0.322 e. The molecular weight excluding hydrogens is 272 g/mol. The Morgan fingerprint density at radius 3 is 2.25 bits per heavy atom. The molecule has 1 aromatic carbocycles. The van der Waals surface area contributed by atoms with Gasteiger partial charge in [-0.15, -0.1) is 12.4 Å². The van der Waals surface area contributed by atoms with E-state index in [0.717, 1.165) is 5.69 Å². The summed E-state index contributed by atoms with van der Waals surface area (Å²) in [6, 6.07) is 11.4. The van der Waals surface area contributed by atoms with Crippen LogP contribution in [0, 0.1) is 0 Å². The summed E-state index contributed by atoms with van der Waals surface area (Å²) in [6.45, 7) is 6.49. The molecule has 1 aromatic heterocycles. The van der Waals surface area contributed by atoms with Crippen molar-refractivity contribution in [3.05, 3.63) is 59.9 Å². The zero-order valence-corrected chi connectivity index (χ0v) is 12.7. The van der Waals surface area contributed by atoms with Crippen LogP contribution in [0.5, 0.6) is 0 Å². The summed E-state index contributed by atoms with van der Waals surface area (Å²) in [5.74, 6) is -0.142. The van der Waals surface area contributed by atoms with Gasteiger partial charge in [-0.3, -0.25) is 9.78 Å². The van der Waals surface area contributed by atoms with Crippen LogP contribution in [0.15, 0.2) is 48.8 Å². The highest BCUT2D eigenvalue weighted by Crippen LogP contribution is 2.23. The number of hydrogen-bond acceptors (Lipinski definition) is 2. The minimum atomic E-state index is -0.142. The SMILES string of the molecule is CC(C)(C)c1ccc(NC(=O)c2cccnc2)cc1.Cl. The number of carbonyl (C=O) groups is 1. The van der Waals surface area contributed by atoms with E-state index in [4.69, 9.17) is 0 Å². The van der Waals surface area contributed by atoms with E-state index in [1.54, 1.807) is 24.5 Å². The number of pyridine rings is 1. The molecular formula is C16H19ClN2O. The maximum Gasteiger partial charge on any atom is 0.257 e. The van der Waals surface area contributed by atoms with Crippen LogP contribution >= 0.6 is 12.4 Å². The third-order valence-electron chi connectivity index (χ3n) is 2.93. The van der Waals surface area contributed by atoms with Crippen molar-refractivity contribution in [1.82, 2.24) is 4.98 Å². The van der Waals surface area contributed by atoms with E-state index in [9.17, 15) is 4.79 Å². The second kappa shape index (κ2) is 6.53. The molecule has 0 bridgehead atoms. The van der Waals surface area contributed by atoms with Crippen LogP contribution in [0.25, 0.3) is 0 Å². The molecule has 0 aliphatic rings. The molecule has 1 amide bonds. The van der Waals surface area contributed by atoms with E-state index in [-0.39, 0.29) is 23.7 Å². The minimum absolute atomic E-state index is 0. The van der Waals surface area contributed by atoms with E-state index < -0.39 is 0 Å². The molecule has 0 unspecified atom stereocenters. The van der Waals surface area contributed by atoms with Gasteiger partial charge in [0.2, 0.25) is 0 Å². The molecule has 2 aromatic rings. The zero-order chi connectivity index (χ0) is 13.9. The topological polar surface area (TPSA) is 42.0 Å². The van der Waals surface area contributed by atoms with Gasteiger partial charge in [0, 0.05) is 18.1 Å². The van der Waals surface area contributed by atoms with Gasteiger partial charge in [0.15, 0.2) is 0 Å². The van der Waals surface area contributed by atoms with E-state index >= 15 is 0 Å². The fraction of sp³-hybridized carbons (Fsp3) is 0.250. The number of aromatic nitrogens is 1. The van der Waals surface area contributed by atoms with Gasteiger partial charge in [-0.2, -0.15) is 0 Å². The molecule has 106 valence electrons. The Kier molecular flexibility index (Phi) is 5.28. The minimum Gasteiger partial charge on any atom is -0.322 e. The predicted octanol–water partition coefficient (Wildman–Crippen LogP) is 4.05. The fourth-order valence-electron chi connectivity index (χ4n) is 1.75. The quantitative estimate of drug-likeness (QED) is 0.906. The van der Waals surface area contributed by atoms with Gasteiger partial charge < -0.3 is 5.32 Å². The highest BCUT2D eigenvalue weighted by atomic mass is 35.5. The lowest BCUT2D eigenvalue weighted by Crippen LogP contribution is -2.13. The zero-order valence-electron chi connectivity index (χ0n) is 11.9. The molecule has 0 saturated heterocycles. The first-order valence-electron chi connectivity index (χ1n) is 6.29. The first kappa shape index (κ1) is 16.2. The normalized spacial score (nSPS) is 10.6. The number of benzene rings is 1. The molecule has 0 aliphatic carbocycles. The van der Waals surface area contributed by atoms with Crippen LogP contribution < -0.4 is 5.32 Å². The molecule has 0 radical (unpaired) electrons. The van der Waals surface area contributed by atoms with E-state index in [0.29, 0.717) is 5.56 Å². The number of anilines is 1. The fourth-order valence-corrected chi connectivity index (χ4v) is 1.75. The number of halogens is 1. The Balaban J connectivity index is 0.00000200. The monoisotopic (exact) mass is 290 g/mol. The molecule has 3 nitrogen and oxygen atoms in total. The molecule has 1 heterocycles. The summed E-state index contributed by atoms with van der Waals surface area (Å²) in [6.07, 6.45) is 3.20. The average molecular weight is 291 g/mol. The van der Waals surface area contributed by atoms with Crippen molar-refractivity contribution in [2.75, 3.05) is 5.32 Å². The Bertz CT molecular complexity index is 559. The number of amides is 1. The maximum absolute atomic E-state index is 11.9. The summed E-state index contributed by atoms with van der Waals surface area (Å²) < 4.78 is 0. The van der Waals surface area contributed by atoms with Gasteiger partial charge in [0.1, 0.15) is 0 Å². The van der Waals surface area contributed by atoms with Gasteiger partial charge in [-0.1, -0.05) is 32.9 Å². The third kappa shape index (κ3) is 4.07. The van der Waals surface area contributed by atoms with Gasteiger partial charge in [0.25, 0.3) is 5.91 Å². The molecule has 0 saturated carbocycles. The standard InChI is InChI=1S/C16H18N2O.ClH/c1-16(2,3)13-6-8-14(9-7-13)18-15(19)12-5-4-10-17-11-12;/h4-11H,1-3H3,(H,18,19);1H. The number of carbonyl (C=O) groups excluding carboxylic acids is 1. The lowest BCUT2D eigenvalue weighted by atomic mass is 9.87. The van der Waals surface area contributed by atoms with Crippen molar-refractivity contribution >= 4 is 24.0 Å². The second-order valence-electron chi connectivity index (χ2n) is 5.52. The molecule has 2 rings (SSSR count). The van der Waals surface area contributed by atoms with Crippen LogP contribution in [0.3, 0.4) is 0 Å². The Hall–Kier alpha value is -1.87. The Morgan fingerprint density at radius 1 is 1.10 bits per heavy atom. The molecule has 4 heteroatoms. The van der Waals surface area contributed by atoms with Gasteiger partial charge >= 0.3 is 0 Å². The van der Waals surface area contributed by atoms with E-state index in [2.05, 4.69) is 31.1 Å². The third-order valence-corrected chi connectivity index (χ3v) is 2.93. The van der Waals surface area contributed by atoms with Crippen molar-refractivity contribution in [3.8, 4) is 0 Å². The number of nitrogens with zero attached hydrogens (tertiary/aromatic N) is 1. The van der Waals surface area contributed by atoms with Crippen molar-refractivity contribution in [2.45, 2.75) is 26.2 Å². The molecule has 0 aliphatic heterocycles. The van der Waals surface area contributed by atoms with Crippen LogP contribution in [0.1, 0.15) is 36.7 Å². The van der Waals surface area contributed by atoms with Gasteiger partial charge in [0.05, 0.1) is 5.56 Å².